The maximum atomic E-state index is 11.6. The van der Waals surface area contributed by atoms with Crippen molar-refractivity contribution < 1.29 is 19.6 Å². The first-order valence-corrected chi connectivity index (χ1v) is 9.36. The Balaban J connectivity index is 3.64. The third-order valence-electron chi connectivity index (χ3n) is 3.65. The van der Waals surface area contributed by atoms with Crippen molar-refractivity contribution in [2.45, 2.75) is 112 Å². The average Bonchev–Trinajstić information content (AvgIpc) is 2.32. The Morgan fingerprint density at radius 2 is 1.29 bits per heavy atom. The monoisotopic (exact) mass is 344 g/mol. The normalized spacial score (nSPS) is 13.2. The van der Waals surface area contributed by atoms with E-state index in [0.29, 0.717) is 11.8 Å². The lowest BCUT2D eigenvalue weighted by atomic mass is 9.84. The fourth-order valence-electron chi connectivity index (χ4n) is 2.95. The maximum Gasteiger partial charge on any atom is 0.345 e. The van der Waals surface area contributed by atoms with E-state index in [4.69, 9.17) is 9.78 Å². The lowest BCUT2D eigenvalue weighted by Gasteiger charge is -2.29. The molecule has 0 heterocycles. The van der Waals surface area contributed by atoms with Gasteiger partial charge in [0.1, 0.15) is 5.60 Å². The van der Waals surface area contributed by atoms with E-state index in [9.17, 15) is 4.79 Å². The van der Waals surface area contributed by atoms with Crippen molar-refractivity contribution in [2.75, 3.05) is 0 Å². The maximum absolute atomic E-state index is 11.6. The molecule has 0 aliphatic rings. The van der Waals surface area contributed by atoms with Crippen LogP contribution in [0.5, 0.6) is 0 Å². The number of unbranched alkanes of at least 4 members (excludes halogenated alkanes) is 4. The molecule has 144 valence electrons. The standard InChI is InChI=1S/C20H40O4/c1-18(2,3)15-13-11-9-10-12-14-17(21)22-24-23-20(7,8)16-19(4,5)6/h9-16H2,1-8H3. The van der Waals surface area contributed by atoms with E-state index < -0.39 is 5.60 Å². The van der Waals surface area contributed by atoms with Gasteiger partial charge in [0, 0.05) is 6.42 Å². The molecule has 0 fully saturated rings. The van der Waals surface area contributed by atoms with Crippen LogP contribution < -0.4 is 0 Å². The van der Waals surface area contributed by atoms with Gasteiger partial charge in [0.05, 0.1) is 0 Å². The third kappa shape index (κ3) is 16.3. The SMILES string of the molecule is CC(C)(C)CCCCCCCC(=O)OOOC(C)(C)CC(C)(C)C. The number of rotatable bonds is 11. The van der Waals surface area contributed by atoms with Gasteiger partial charge < -0.3 is 0 Å². The van der Waals surface area contributed by atoms with Crippen LogP contribution in [0, 0.1) is 10.8 Å². The van der Waals surface area contributed by atoms with Crippen LogP contribution in [0.1, 0.15) is 107 Å². The van der Waals surface area contributed by atoms with Crippen LogP contribution in [-0.2, 0) is 19.6 Å². The Labute approximate surface area is 149 Å². The summed E-state index contributed by atoms with van der Waals surface area (Å²) in [5.41, 5.74) is 0.0390. The van der Waals surface area contributed by atoms with Gasteiger partial charge in [-0.05, 0) is 49.0 Å². The van der Waals surface area contributed by atoms with Crippen LogP contribution >= 0.6 is 0 Å². The lowest BCUT2D eigenvalue weighted by Crippen LogP contribution is -2.30. The first-order valence-electron chi connectivity index (χ1n) is 9.36. The molecule has 4 heteroatoms. The van der Waals surface area contributed by atoms with Gasteiger partial charge in [0.15, 0.2) is 0 Å². The fourth-order valence-corrected chi connectivity index (χ4v) is 2.95. The molecule has 0 spiro atoms. The molecule has 4 nitrogen and oxygen atoms in total. The topological polar surface area (TPSA) is 44.8 Å². The van der Waals surface area contributed by atoms with Crippen molar-refractivity contribution in [1.29, 1.82) is 0 Å². The summed E-state index contributed by atoms with van der Waals surface area (Å²) >= 11 is 0. The van der Waals surface area contributed by atoms with Crippen molar-refractivity contribution in [3.8, 4) is 0 Å². The molecule has 0 aromatic rings. The summed E-state index contributed by atoms with van der Waals surface area (Å²) in [5, 5.41) is 4.69. The molecule has 0 aromatic heterocycles. The molecule has 0 saturated carbocycles. The molecule has 0 radical (unpaired) electrons. The van der Waals surface area contributed by atoms with Crippen LogP contribution in [0.25, 0.3) is 0 Å². The number of hydrogen-bond acceptors (Lipinski definition) is 4. The summed E-state index contributed by atoms with van der Waals surface area (Å²) in [7, 11) is 0. The van der Waals surface area contributed by atoms with Crippen molar-refractivity contribution in [3.63, 3.8) is 0 Å². The van der Waals surface area contributed by atoms with E-state index in [0.717, 1.165) is 19.3 Å². The molecule has 0 bridgehead atoms. The van der Waals surface area contributed by atoms with Gasteiger partial charge >= 0.3 is 5.97 Å². The summed E-state index contributed by atoms with van der Waals surface area (Å²) in [4.78, 5) is 21.5. The minimum atomic E-state index is -0.494. The highest BCUT2D eigenvalue weighted by Crippen LogP contribution is 2.29. The second kappa shape index (κ2) is 10.4. The second-order valence-corrected chi connectivity index (χ2v) is 9.93. The predicted molar refractivity (Wildman–Crippen MR) is 98.2 cm³/mol. The zero-order valence-electron chi connectivity index (χ0n) is 17.3. The van der Waals surface area contributed by atoms with E-state index in [-0.39, 0.29) is 11.4 Å². The molecular formula is C20H40O4. The van der Waals surface area contributed by atoms with Gasteiger partial charge in [0.2, 0.25) is 0 Å². The van der Waals surface area contributed by atoms with Crippen molar-refractivity contribution >= 4 is 5.97 Å². The first kappa shape index (κ1) is 23.4. The minimum absolute atomic E-state index is 0.115. The largest absolute Gasteiger partial charge is 0.345 e. The van der Waals surface area contributed by atoms with Crippen molar-refractivity contribution in [2.24, 2.45) is 10.8 Å². The third-order valence-corrected chi connectivity index (χ3v) is 3.65. The van der Waals surface area contributed by atoms with E-state index in [2.05, 4.69) is 46.6 Å². The molecule has 0 aromatic carbocycles. The average molecular weight is 345 g/mol. The van der Waals surface area contributed by atoms with Crippen LogP contribution in [0.3, 0.4) is 0 Å². The second-order valence-electron chi connectivity index (χ2n) is 9.93. The molecule has 0 saturated heterocycles. The van der Waals surface area contributed by atoms with E-state index in [1.165, 1.54) is 25.7 Å². The molecule has 0 N–H and O–H groups in total. The molecule has 0 unspecified atom stereocenters. The molecule has 24 heavy (non-hydrogen) atoms. The highest BCUT2D eigenvalue weighted by atomic mass is 17.5. The van der Waals surface area contributed by atoms with Gasteiger partial charge in [0.25, 0.3) is 0 Å². The predicted octanol–water partition coefficient (Wildman–Crippen LogP) is 6.38. The van der Waals surface area contributed by atoms with E-state index in [1.807, 2.05) is 13.8 Å². The molecular weight excluding hydrogens is 304 g/mol. The molecule has 0 aliphatic carbocycles. The summed E-state index contributed by atoms with van der Waals surface area (Å²) in [6.45, 7) is 17.0. The Bertz CT molecular complexity index is 348. The quantitative estimate of drug-likeness (QED) is 0.248. The lowest BCUT2D eigenvalue weighted by molar-refractivity contribution is -0.518. The number of carbonyl (C=O) groups excluding carboxylic acids is 1. The van der Waals surface area contributed by atoms with E-state index in [1.54, 1.807) is 0 Å². The van der Waals surface area contributed by atoms with Gasteiger partial charge in [-0.1, -0.05) is 67.2 Å². The van der Waals surface area contributed by atoms with Gasteiger partial charge in [-0.15, -0.1) is 0 Å². The highest BCUT2D eigenvalue weighted by molar-refractivity contribution is 5.68. The van der Waals surface area contributed by atoms with Gasteiger partial charge in [-0.3, -0.25) is 4.89 Å². The summed E-state index contributed by atoms with van der Waals surface area (Å²) in [6.07, 6.45) is 7.97. The molecule has 0 atom stereocenters. The Kier molecular flexibility index (Phi) is 10.1. The Hall–Kier alpha value is -0.610. The highest BCUT2D eigenvalue weighted by Gasteiger charge is 2.28. The smallest absolute Gasteiger partial charge is 0.269 e. The van der Waals surface area contributed by atoms with Crippen LogP contribution in [0.15, 0.2) is 0 Å². The zero-order chi connectivity index (χ0) is 18.9. The molecule has 0 rings (SSSR count). The number of carbonyl (C=O) groups is 1. The summed E-state index contributed by atoms with van der Waals surface area (Å²) in [6, 6.07) is 0. The molecule has 0 amide bonds. The van der Waals surface area contributed by atoms with E-state index >= 15 is 0 Å². The van der Waals surface area contributed by atoms with Crippen LogP contribution in [0.4, 0.5) is 0 Å². The zero-order valence-corrected chi connectivity index (χ0v) is 17.3. The van der Waals surface area contributed by atoms with Crippen molar-refractivity contribution in [1.82, 2.24) is 0 Å². The minimum Gasteiger partial charge on any atom is -0.269 e. The summed E-state index contributed by atoms with van der Waals surface area (Å²) < 4.78 is 0. The van der Waals surface area contributed by atoms with Gasteiger partial charge in [-0.2, -0.15) is 4.89 Å². The Morgan fingerprint density at radius 3 is 1.83 bits per heavy atom. The Morgan fingerprint density at radius 1 is 0.750 bits per heavy atom. The summed E-state index contributed by atoms with van der Waals surface area (Å²) in [5.74, 6) is -0.365. The fraction of sp³-hybridized carbons (Fsp3) is 0.950. The van der Waals surface area contributed by atoms with Crippen LogP contribution in [0.2, 0.25) is 0 Å². The molecule has 0 aliphatic heterocycles. The van der Waals surface area contributed by atoms with Gasteiger partial charge in [-0.25, -0.2) is 4.79 Å². The van der Waals surface area contributed by atoms with Crippen LogP contribution in [-0.4, -0.2) is 11.6 Å². The first-order chi connectivity index (χ1) is 10.8. The van der Waals surface area contributed by atoms with Crippen molar-refractivity contribution in [3.05, 3.63) is 0 Å². The number of hydrogen-bond donors (Lipinski definition) is 0.